The zero-order valence-corrected chi connectivity index (χ0v) is 7.37. The van der Waals surface area contributed by atoms with Crippen molar-refractivity contribution in [2.24, 2.45) is 5.92 Å². The summed E-state index contributed by atoms with van der Waals surface area (Å²) in [6.45, 7) is 1.79. The molecule has 2 unspecified atom stereocenters. The topological polar surface area (TPSA) is 32.3 Å². The van der Waals surface area contributed by atoms with Gasteiger partial charge in [-0.05, 0) is 12.8 Å². The van der Waals surface area contributed by atoms with Gasteiger partial charge in [0.2, 0.25) is 5.91 Å². The fourth-order valence-electron chi connectivity index (χ4n) is 2.45. The van der Waals surface area contributed by atoms with Crippen LogP contribution in [0.25, 0.3) is 0 Å². The van der Waals surface area contributed by atoms with Gasteiger partial charge in [-0.1, -0.05) is 0 Å². The van der Waals surface area contributed by atoms with Gasteiger partial charge < -0.3 is 10.2 Å². The predicted molar refractivity (Wildman–Crippen MR) is 44.9 cm³/mol. The van der Waals surface area contributed by atoms with Crippen molar-refractivity contribution in [3.63, 3.8) is 0 Å². The van der Waals surface area contributed by atoms with E-state index in [0.717, 1.165) is 19.5 Å². The Kier molecular flexibility index (Phi) is 1.45. The van der Waals surface area contributed by atoms with Crippen molar-refractivity contribution in [3.8, 4) is 0 Å². The largest absolute Gasteiger partial charge is 0.334 e. The van der Waals surface area contributed by atoms with E-state index in [0.29, 0.717) is 18.5 Å². The summed E-state index contributed by atoms with van der Waals surface area (Å²) >= 11 is 0. The second kappa shape index (κ2) is 2.44. The minimum absolute atomic E-state index is 0.0650. The van der Waals surface area contributed by atoms with E-state index in [-0.39, 0.29) is 11.8 Å². The molecule has 2 bridgehead atoms. The Morgan fingerprint density at radius 1 is 1.31 bits per heavy atom. The molecule has 13 heavy (non-hydrogen) atoms. The Bertz CT molecular complexity index is 244. The summed E-state index contributed by atoms with van der Waals surface area (Å²) in [5.41, 5.74) is 0. The lowest BCUT2D eigenvalue weighted by molar-refractivity contribution is -0.149. The van der Waals surface area contributed by atoms with Crippen molar-refractivity contribution in [1.82, 2.24) is 10.2 Å². The van der Waals surface area contributed by atoms with Crippen LogP contribution in [0.1, 0.15) is 12.8 Å². The molecule has 1 aliphatic carbocycles. The molecular weight excluding hydrogens is 171 g/mol. The molecule has 0 radical (unpaired) electrons. The number of fused-ring (bicyclic) bond motifs is 2. The highest BCUT2D eigenvalue weighted by molar-refractivity contribution is 5.83. The van der Waals surface area contributed by atoms with E-state index >= 15 is 0 Å². The Morgan fingerprint density at radius 3 is 2.38 bits per heavy atom. The van der Waals surface area contributed by atoms with Gasteiger partial charge in [0.1, 0.15) is 6.17 Å². The van der Waals surface area contributed by atoms with Crippen LogP contribution in [0.3, 0.4) is 0 Å². The van der Waals surface area contributed by atoms with Gasteiger partial charge in [-0.3, -0.25) is 4.79 Å². The number of rotatable bonds is 1. The first kappa shape index (κ1) is 7.74. The molecule has 0 aromatic rings. The second-order valence-electron chi connectivity index (χ2n) is 4.31. The molecule has 3 nitrogen and oxygen atoms in total. The maximum Gasteiger partial charge on any atom is 0.229 e. The molecule has 0 spiro atoms. The number of nitrogens with one attached hydrogen (secondary N) is 1. The van der Waals surface area contributed by atoms with Gasteiger partial charge in [0, 0.05) is 25.2 Å². The quantitative estimate of drug-likeness (QED) is 0.618. The number of nitrogens with zero attached hydrogens (tertiary/aromatic N) is 1. The first-order chi connectivity index (χ1) is 6.27. The van der Waals surface area contributed by atoms with Gasteiger partial charge in [-0.25, -0.2) is 4.39 Å². The van der Waals surface area contributed by atoms with Gasteiger partial charge in [-0.15, -0.1) is 0 Å². The lowest BCUT2D eigenvalue weighted by Crippen LogP contribution is -2.69. The van der Waals surface area contributed by atoms with Crippen molar-refractivity contribution in [2.75, 3.05) is 13.1 Å². The third-order valence-electron chi connectivity index (χ3n) is 3.38. The van der Waals surface area contributed by atoms with E-state index in [4.69, 9.17) is 0 Å². The SMILES string of the molecule is O=C([C@H]1C[C@H]1F)N1C2CNCC1C2. The molecule has 4 atom stereocenters. The molecule has 0 aromatic carbocycles. The Morgan fingerprint density at radius 2 is 1.92 bits per heavy atom. The molecule has 0 aromatic heterocycles. The summed E-state index contributed by atoms with van der Waals surface area (Å²) < 4.78 is 12.7. The van der Waals surface area contributed by atoms with Crippen LogP contribution in [-0.4, -0.2) is 42.2 Å². The summed E-state index contributed by atoms with van der Waals surface area (Å²) in [4.78, 5) is 13.6. The average Bonchev–Trinajstić information content (AvgIpc) is 2.84. The minimum atomic E-state index is -0.846. The van der Waals surface area contributed by atoms with E-state index in [9.17, 15) is 9.18 Å². The van der Waals surface area contributed by atoms with Gasteiger partial charge in [0.25, 0.3) is 0 Å². The maximum absolute atomic E-state index is 12.7. The fourth-order valence-corrected chi connectivity index (χ4v) is 2.45. The van der Waals surface area contributed by atoms with E-state index in [2.05, 4.69) is 5.32 Å². The van der Waals surface area contributed by atoms with Crippen molar-refractivity contribution in [2.45, 2.75) is 31.1 Å². The molecule has 4 heteroatoms. The molecule has 2 saturated heterocycles. The average molecular weight is 184 g/mol. The molecule has 3 rings (SSSR count). The van der Waals surface area contributed by atoms with E-state index < -0.39 is 6.17 Å². The van der Waals surface area contributed by atoms with Gasteiger partial charge >= 0.3 is 0 Å². The molecule has 3 fully saturated rings. The summed E-state index contributed by atoms with van der Waals surface area (Å²) in [5, 5.41) is 3.25. The van der Waals surface area contributed by atoms with Crippen molar-refractivity contribution < 1.29 is 9.18 Å². The highest BCUT2D eigenvalue weighted by Gasteiger charge is 2.52. The monoisotopic (exact) mass is 184 g/mol. The smallest absolute Gasteiger partial charge is 0.229 e. The number of amides is 1. The summed E-state index contributed by atoms with van der Waals surface area (Å²) in [5.74, 6) is -0.223. The van der Waals surface area contributed by atoms with Crippen molar-refractivity contribution >= 4 is 5.91 Å². The van der Waals surface area contributed by atoms with Crippen LogP contribution >= 0.6 is 0 Å². The number of piperazine rings is 1. The number of carbonyl (C=O) groups excluding carboxylic acids is 1. The van der Waals surface area contributed by atoms with Crippen LogP contribution in [0.4, 0.5) is 4.39 Å². The molecule has 72 valence electrons. The lowest BCUT2D eigenvalue weighted by atomic mass is 9.88. The van der Waals surface area contributed by atoms with Crippen LogP contribution in [0.15, 0.2) is 0 Å². The number of hydrogen-bond donors (Lipinski definition) is 1. The molecule has 2 aliphatic heterocycles. The van der Waals surface area contributed by atoms with Gasteiger partial charge in [-0.2, -0.15) is 0 Å². The normalized spacial score (nSPS) is 47.0. The molecule has 2 heterocycles. The number of carbonyl (C=O) groups is 1. The van der Waals surface area contributed by atoms with E-state index in [1.807, 2.05) is 4.90 Å². The molecule has 1 N–H and O–H groups in total. The van der Waals surface area contributed by atoms with Crippen LogP contribution in [0, 0.1) is 5.92 Å². The van der Waals surface area contributed by atoms with Crippen molar-refractivity contribution in [1.29, 1.82) is 0 Å². The Hall–Kier alpha value is -0.640. The minimum Gasteiger partial charge on any atom is -0.334 e. The Labute approximate surface area is 76.3 Å². The van der Waals surface area contributed by atoms with Crippen LogP contribution in [-0.2, 0) is 4.79 Å². The van der Waals surface area contributed by atoms with Crippen LogP contribution in [0.2, 0.25) is 0 Å². The van der Waals surface area contributed by atoms with E-state index in [1.165, 1.54) is 0 Å². The zero-order valence-electron chi connectivity index (χ0n) is 7.37. The highest BCUT2D eigenvalue weighted by Crippen LogP contribution is 2.40. The molecule has 1 amide bonds. The van der Waals surface area contributed by atoms with Crippen molar-refractivity contribution in [3.05, 3.63) is 0 Å². The van der Waals surface area contributed by atoms with Crippen LogP contribution < -0.4 is 5.32 Å². The Balaban J connectivity index is 1.69. The maximum atomic E-state index is 12.7. The molecule has 3 aliphatic rings. The predicted octanol–water partition coefficient (Wildman–Crippen LogP) is -0.0829. The number of alkyl halides is 1. The third kappa shape index (κ3) is 1.01. The summed E-state index contributed by atoms with van der Waals surface area (Å²) in [6.07, 6.45) is 0.728. The van der Waals surface area contributed by atoms with E-state index in [1.54, 1.807) is 0 Å². The summed E-state index contributed by atoms with van der Waals surface area (Å²) in [6, 6.07) is 0.720. The summed E-state index contributed by atoms with van der Waals surface area (Å²) in [7, 11) is 0. The zero-order chi connectivity index (χ0) is 9.00. The second-order valence-corrected chi connectivity index (χ2v) is 4.31. The van der Waals surface area contributed by atoms with Crippen LogP contribution in [0.5, 0.6) is 0 Å². The molecular formula is C9H13FN2O. The lowest BCUT2D eigenvalue weighted by Gasteiger charge is -2.53. The van der Waals surface area contributed by atoms with Gasteiger partial charge in [0.15, 0.2) is 0 Å². The third-order valence-corrected chi connectivity index (χ3v) is 3.38. The highest BCUT2D eigenvalue weighted by atomic mass is 19.1. The first-order valence-corrected chi connectivity index (χ1v) is 4.94. The first-order valence-electron chi connectivity index (χ1n) is 4.94. The standard InChI is InChI=1S/C9H13FN2O/c10-8-2-7(8)9(13)12-5-1-6(12)4-11-3-5/h5-8,11H,1-4H2/t5?,6?,7-,8+/m0/s1. The van der Waals surface area contributed by atoms with Gasteiger partial charge in [0.05, 0.1) is 5.92 Å². The fraction of sp³-hybridized carbons (Fsp3) is 0.889. The number of hydrogen-bond acceptors (Lipinski definition) is 2. The molecule has 1 saturated carbocycles. The number of piperidine rings is 1. The number of halogens is 1.